The Morgan fingerprint density at radius 1 is 1.59 bits per heavy atom. The number of oxime groups is 1. The molecule has 1 aromatic carbocycles. The van der Waals surface area contributed by atoms with Gasteiger partial charge in [-0.15, -0.1) is 0 Å². The normalized spacial score (nSPS) is 11.3. The van der Waals surface area contributed by atoms with Crippen molar-refractivity contribution in [2.75, 3.05) is 6.54 Å². The van der Waals surface area contributed by atoms with E-state index in [1.807, 2.05) is 19.1 Å². The zero-order valence-corrected chi connectivity index (χ0v) is 11.0. The quantitative estimate of drug-likeness (QED) is 0.342. The molecule has 0 saturated heterocycles. The molecule has 17 heavy (non-hydrogen) atoms. The Morgan fingerprint density at radius 2 is 2.29 bits per heavy atom. The Bertz CT molecular complexity index is 446. The molecule has 4 N–H and O–H groups in total. The second-order valence-corrected chi connectivity index (χ2v) is 4.47. The van der Waals surface area contributed by atoms with E-state index in [-0.39, 0.29) is 11.7 Å². The highest BCUT2D eigenvalue weighted by Crippen LogP contribution is 2.15. The van der Waals surface area contributed by atoms with Crippen LogP contribution in [-0.2, 0) is 0 Å². The molecule has 6 heteroatoms. The smallest absolute Gasteiger partial charge is 0.251 e. The number of hydrogen-bond acceptors (Lipinski definition) is 3. The van der Waals surface area contributed by atoms with Crippen LogP contribution in [0, 0.1) is 6.92 Å². The van der Waals surface area contributed by atoms with E-state index in [0.717, 1.165) is 10.0 Å². The molecule has 0 atom stereocenters. The number of rotatable bonds is 4. The van der Waals surface area contributed by atoms with Crippen LogP contribution in [-0.4, -0.2) is 23.5 Å². The minimum Gasteiger partial charge on any atom is -0.409 e. The third kappa shape index (κ3) is 4.07. The van der Waals surface area contributed by atoms with Crippen LogP contribution in [0.4, 0.5) is 0 Å². The zero-order valence-electron chi connectivity index (χ0n) is 9.40. The number of nitrogens with two attached hydrogens (primary N) is 1. The van der Waals surface area contributed by atoms with Crippen LogP contribution < -0.4 is 11.1 Å². The minimum absolute atomic E-state index is 0.0952. The van der Waals surface area contributed by atoms with Crippen LogP contribution in [0.2, 0.25) is 0 Å². The number of benzene rings is 1. The summed E-state index contributed by atoms with van der Waals surface area (Å²) in [6, 6.07) is 5.43. The first kappa shape index (κ1) is 13.5. The Morgan fingerprint density at radius 3 is 2.88 bits per heavy atom. The van der Waals surface area contributed by atoms with Crippen molar-refractivity contribution >= 4 is 27.7 Å². The summed E-state index contributed by atoms with van der Waals surface area (Å²) in [6.45, 7) is 2.20. The molecule has 0 aliphatic rings. The van der Waals surface area contributed by atoms with Crippen LogP contribution >= 0.6 is 15.9 Å². The van der Waals surface area contributed by atoms with Crippen molar-refractivity contribution in [3.8, 4) is 0 Å². The van der Waals surface area contributed by atoms with Gasteiger partial charge in [-0.2, -0.15) is 0 Å². The van der Waals surface area contributed by atoms with Gasteiger partial charge in [0.2, 0.25) is 0 Å². The standard InChI is InChI=1S/C11H14BrN3O2/c1-7-6-8(12)2-3-9(7)11(16)14-5-4-10(13)15-17/h2-3,6,17H,4-5H2,1H3,(H2,13,15)(H,14,16). The Labute approximate surface area is 108 Å². The van der Waals surface area contributed by atoms with E-state index in [1.165, 1.54) is 0 Å². The first-order chi connectivity index (χ1) is 8.04. The van der Waals surface area contributed by atoms with Crippen molar-refractivity contribution in [2.24, 2.45) is 10.9 Å². The highest BCUT2D eigenvalue weighted by Gasteiger charge is 2.08. The third-order valence-electron chi connectivity index (χ3n) is 2.23. The predicted octanol–water partition coefficient (Wildman–Crippen LogP) is 1.62. The molecule has 1 aromatic rings. The molecule has 1 amide bonds. The highest BCUT2D eigenvalue weighted by molar-refractivity contribution is 9.10. The van der Waals surface area contributed by atoms with Gasteiger partial charge >= 0.3 is 0 Å². The lowest BCUT2D eigenvalue weighted by molar-refractivity contribution is 0.0954. The molecule has 0 aliphatic heterocycles. The average molecular weight is 300 g/mol. The lowest BCUT2D eigenvalue weighted by Crippen LogP contribution is -2.28. The summed E-state index contributed by atoms with van der Waals surface area (Å²) in [6.07, 6.45) is 0.317. The molecular weight excluding hydrogens is 286 g/mol. The second kappa shape index (κ2) is 6.24. The SMILES string of the molecule is Cc1cc(Br)ccc1C(=O)NCCC(N)=NO. The van der Waals surface area contributed by atoms with Gasteiger partial charge in [0, 0.05) is 23.0 Å². The van der Waals surface area contributed by atoms with Gasteiger partial charge in [-0.3, -0.25) is 4.79 Å². The summed E-state index contributed by atoms with van der Waals surface area (Å²) in [5.41, 5.74) is 6.80. The maximum absolute atomic E-state index is 11.8. The number of amides is 1. The van der Waals surface area contributed by atoms with Gasteiger partial charge in [-0.25, -0.2) is 0 Å². The van der Waals surface area contributed by atoms with E-state index in [1.54, 1.807) is 6.07 Å². The number of carbonyl (C=O) groups is 1. The molecule has 0 aromatic heterocycles. The Balaban J connectivity index is 2.58. The molecule has 1 rings (SSSR count). The van der Waals surface area contributed by atoms with Gasteiger partial charge in [-0.05, 0) is 30.7 Å². The minimum atomic E-state index is -0.166. The highest BCUT2D eigenvalue weighted by atomic mass is 79.9. The summed E-state index contributed by atoms with van der Waals surface area (Å²) in [5, 5.41) is 13.9. The molecule has 0 unspecified atom stereocenters. The fraction of sp³-hybridized carbons (Fsp3) is 0.273. The van der Waals surface area contributed by atoms with Crippen molar-refractivity contribution in [3.63, 3.8) is 0 Å². The van der Waals surface area contributed by atoms with E-state index in [4.69, 9.17) is 10.9 Å². The summed E-state index contributed by atoms with van der Waals surface area (Å²) in [5.74, 6) is -0.0708. The number of carbonyl (C=O) groups excluding carboxylic acids is 1. The van der Waals surface area contributed by atoms with Crippen molar-refractivity contribution in [3.05, 3.63) is 33.8 Å². The molecule has 0 spiro atoms. The Kier molecular flexibility index (Phi) is 4.96. The monoisotopic (exact) mass is 299 g/mol. The van der Waals surface area contributed by atoms with Gasteiger partial charge in [-0.1, -0.05) is 21.1 Å². The summed E-state index contributed by atoms with van der Waals surface area (Å²) in [4.78, 5) is 11.8. The maximum atomic E-state index is 11.8. The van der Waals surface area contributed by atoms with E-state index in [9.17, 15) is 4.79 Å². The third-order valence-corrected chi connectivity index (χ3v) is 2.72. The van der Waals surface area contributed by atoms with Crippen LogP contribution in [0.15, 0.2) is 27.8 Å². The van der Waals surface area contributed by atoms with Crippen LogP contribution in [0.25, 0.3) is 0 Å². The lowest BCUT2D eigenvalue weighted by Gasteiger charge is -2.07. The van der Waals surface area contributed by atoms with Gasteiger partial charge in [0.25, 0.3) is 5.91 Å². The molecule has 0 bridgehead atoms. The van der Waals surface area contributed by atoms with Crippen LogP contribution in [0.3, 0.4) is 0 Å². The van der Waals surface area contributed by atoms with Crippen molar-refractivity contribution < 1.29 is 10.0 Å². The number of hydrogen-bond donors (Lipinski definition) is 3. The molecular formula is C11H14BrN3O2. The first-order valence-corrected chi connectivity index (χ1v) is 5.84. The number of halogens is 1. The van der Waals surface area contributed by atoms with Gasteiger partial charge in [0.15, 0.2) is 0 Å². The van der Waals surface area contributed by atoms with E-state index in [0.29, 0.717) is 18.5 Å². The van der Waals surface area contributed by atoms with Gasteiger partial charge < -0.3 is 16.3 Å². The molecule has 0 fully saturated rings. The molecule has 0 saturated carbocycles. The van der Waals surface area contributed by atoms with Crippen molar-refractivity contribution in [1.29, 1.82) is 0 Å². The molecule has 5 nitrogen and oxygen atoms in total. The number of aryl methyl sites for hydroxylation is 1. The number of nitrogens with zero attached hydrogens (tertiary/aromatic N) is 1. The number of nitrogens with one attached hydrogen (secondary N) is 1. The molecule has 0 heterocycles. The predicted molar refractivity (Wildman–Crippen MR) is 69.2 cm³/mol. The average Bonchev–Trinajstić information content (AvgIpc) is 2.28. The fourth-order valence-electron chi connectivity index (χ4n) is 1.33. The largest absolute Gasteiger partial charge is 0.409 e. The summed E-state index contributed by atoms with van der Waals surface area (Å²) >= 11 is 3.33. The summed E-state index contributed by atoms with van der Waals surface area (Å²) in [7, 11) is 0. The molecule has 0 aliphatic carbocycles. The van der Waals surface area contributed by atoms with Gasteiger partial charge in [0.1, 0.15) is 5.84 Å². The molecule has 0 radical (unpaired) electrons. The van der Waals surface area contributed by atoms with Crippen LogP contribution in [0.5, 0.6) is 0 Å². The van der Waals surface area contributed by atoms with Crippen molar-refractivity contribution in [1.82, 2.24) is 5.32 Å². The topological polar surface area (TPSA) is 87.7 Å². The van der Waals surface area contributed by atoms with Crippen molar-refractivity contribution in [2.45, 2.75) is 13.3 Å². The first-order valence-electron chi connectivity index (χ1n) is 5.05. The maximum Gasteiger partial charge on any atom is 0.251 e. The van der Waals surface area contributed by atoms with Crippen LogP contribution in [0.1, 0.15) is 22.3 Å². The lowest BCUT2D eigenvalue weighted by atomic mass is 10.1. The summed E-state index contributed by atoms with van der Waals surface area (Å²) < 4.78 is 0.934. The Hall–Kier alpha value is -1.56. The van der Waals surface area contributed by atoms with E-state index in [2.05, 4.69) is 26.4 Å². The second-order valence-electron chi connectivity index (χ2n) is 3.56. The van der Waals surface area contributed by atoms with E-state index >= 15 is 0 Å². The number of amidine groups is 1. The van der Waals surface area contributed by atoms with Gasteiger partial charge in [0.05, 0.1) is 0 Å². The zero-order chi connectivity index (χ0) is 12.8. The molecule has 92 valence electrons. The fourth-order valence-corrected chi connectivity index (χ4v) is 1.81. The van der Waals surface area contributed by atoms with E-state index < -0.39 is 0 Å².